The van der Waals surface area contributed by atoms with Crippen LogP contribution < -0.4 is 5.56 Å². The standard InChI is InChI=1S/C24H15N3O2/c25-14-17-10-4-5-11-18(17)22-21(16-8-2-1-3-9-16)19(15-27-24(22)29)23(28)20-12-6-7-13-26-20/h1-13,15H,(H,27,29). The Hall–Kier alpha value is -4.30. The van der Waals surface area contributed by atoms with Gasteiger partial charge in [0.05, 0.1) is 17.2 Å². The summed E-state index contributed by atoms with van der Waals surface area (Å²) in [5.74, 6) is -0.309. The van der Waals surface area contributed by atoms with Crippen LogP contribution in [0.15, 0.2) is 90.0 Å². The first kappa shape index (κ1) is 18.1. The van der Waals surface area contributed by atoms with Crippen LogP contribution in [0.25, 0.3) is 22.3 Å². The van der Waals surface area contributed by atoms with Gasteiger partial charge in [-0.15, -0.1) is 0 Å². The number of hydrogen-bond donors (Lipinski definition) is 1. The fourth-order valence-electron chi connectivity index (χ4n) is 3.30. The van der Waals surface area contributed by atoms with Crippen molar-refractivity contribution >= 4 is 5.78 Å². The molecule has 2 heterocycles. The van der Waals surface area contributed by atoms with E-state index in [0.29, 0.717) is 27.8 Å². The molecule has 4 rings (SSSR count). The number of carbonyl (C=O) groups is 1. The highest BCUT2D eigenvalue weighted by Gasteiger charge is 2.23. The SMILES string of the molecule is N#Cc1ccccc1-c1c(-c2ccccc2)c(C(=O)c2ccccn2)c[nH]c1=O. The number of aromatic amines is 1. The fraction of sp³-hybridized carbons (Fsp3) is 0. The highest BCUT2D eigenvalue weighted by molar-refractivity contribution is 6.13. The molecule has 2 aromatic heterocycles. The molecule has 0 fully saturated rings. The number of nitriles is 1. The van der Waals surface area contributed by atoms with Crippen LogP contribution in [0.2, 0.25) is 0 Å². The van der Waals surface area contributed by atoms with Crippen molar-refractivity contribution in [1.82, 2.24) is 9.97 Å². The minimum absolute atomic E-state index is 0.274. The molecule has 0 saturated carbocycles. The summed E-state index contributed by atoms with van der Waals surface area (Å²) in [6.07, 6.45) is 2.97. The third-order valence-corrected chi connectivity index (χ3v) is 4.62. The van der Waals surface area contributed by atoms with Crippen LogP contribution in [0.5, 0.6) is 0 Å². The molecule has 5 nitrogen and oxygen atoms in total. The zero-order valence-corrected chi connectivity index (χ0v) is 15.3. The summed E-state index contributed by atoms with van der Waals surface area (Å²) in [5.41, 5.74) is 2.53. The normalized spacial score (nSPS) is 10.3. The lowest BCUT2D eigenvalue weighted by Crippen LogP contribution is -2.16. The molecule has 0 radical (unpaired) electrons. The number of carbonyl (C=O) groups excluding carboxylic acids is 1. The zero-order chi connectivity index (χ0) is 20.2. The highest BCUT2D eigenvalue weighted by Crippen LogP contribution is 2.34. The third kappa shape index (κ3) is 3.35. The summed E-state index contributed by atoms with van der Waals surface area (Å²) in [4.78, 5) is 33.0. The van der Waals surface area contributed by atoms with E-state index in [4.69, 9.17) is 0 Å². The quantitative estimate of drug-likeness (QED) is 0.540. The third-order valence-electron chi connectivity index (χ3n) is 4.62. The molecule has 0 spiro atoms. The predicted octanol–water partition coefficient (Wildman–Crippen LogP) is 4.21. The first-order valence-corrected chi connectivity index (χ1v) is 8.97. The van der Waals surface area contributed by atoms with Crippen molar-refractivity contribution in [1.29, 1.82) is 5.26 Å². The number of H-pyrrole nitrogens is 1. The number of aromatic nitrogens is 2. The number of hydrogen-bond acceptors (Lipinski definition) is 4. The molecule has 0 aliphatic heterocycles. The Bertz CT molecular complexity index is 1290. The van der Waals surface area contributed by atoms with Gasteiger partial charge in [0.25, 0.3) is 5.56 Å². The summed E-state index contributed by atoms with van der Waals surface area (Å²) in [6.45, 7) is 0. The van der Waals surface area contributed by atoms with E-state index in [1.54, 1.807) is 48.7 Å². The van der Waals surface area contributed by atoms with Crippen LogP contribution >= 0.6 is 0 Å². The van der Waals surface area contributed by atoms with Gasteiger partial charge >= 0.3 is 0 Å². The van der Waals surface area contributed by atoms with Crippen molar-refractivity contribution in [3.8, 4) is 28.3 Å². The maximum absolute atomic E-state index is 13.2. The van der Waals surface area contributed by atoms with Gasteiger partial charge in [-0.25, -0.2) is 0 Å². The maximum atomic E-state index is 13.2. The molecule has 0 saturated heterocycles. The first-order chi connectivity index (χ1) is 14.2. The first-order valence-electron chi connectivity index (χ1n) is 8.97. The molecule has 5 heteroatoms. The lowest BCUT2D eigenvalue weighted by atomic mass is 9.88. The lowest BCUT2D eigenvalue weighted by Gasteiger charge is -2.15. The molecule has 0 atom stereocenters. The van der Waals surface area contributed by atoms with Gasteiger partial charge in [0.15, 0.2) is 0 Å². The van der Waals surface area contributed by atoms with E-state index in [-0.39, 0.29) is 22.6 Å². The fourth-order valence-corrected chi connectivity index (χ4v) is 3.30. The number of rotatable bonds is 4. The lowest BCUT2D eigenvalue weighted by molar-refractivity contribution is 0.103. The van der Waals surface area contributed by atoms with Crippen LogP contribution in [-0.2, 0) is 0 Å². The molecule has 29 heavy (non-hydrogen) atoms. The largest absolute Gasteiger partial charge is 0.328 e. The van der Waals surface area contributed by atoms with E-state index in [9.17, 15) is 14.9 Å². The van der Waals surface area contributed by atoms with Gasteiger partial charge in [0.1, 0.15) is 5.69 Å². The van der Waals surface area contributed by atoms with E-state index < -0.39 is 0 Å². The Kier molecular flexibility index (Phi) is 4.83. The number of nitrogens with one attached hydrogen (secondary N) is 1. The van der Waals surface area contributed by atoms with Crippen molar-refractivity contribution < 1.29 is 4.79 Å². The molecule has 0 amide bonds. The zero-order valence-electron chi connectivity index (χ0n) is 15.3. The van der Waals surface area contributed by atoms with Gasteiger partial charge in [-0.1, -0.05) is 54.6 Å². The Morgan fingerprint density at radius 2 is 1.62 bits per heavy atom. The molecule has 0 aliphatic carbocycles. The minimum Gasteiger partial charge on any atom is -0.328 e. The van der Waals surface area contributed by atoms with Gasteiger partial charge in [-0.3, -0.25) is 14.6 Å². The molecule has 0 unspecified atom stereocenters. The second-order valence-electron chi connectivity index (χ2n) is 6.35. The van der Waals surface area contributed by atoms with Crippen LogP contribution in [-0.4, -0.2) is 15.8 Å². The van der Waals surface area contributed by atoms with Crippen molar-refractivity contribution in [2.75, 3.05) is 0 Å². The van der Waals surface area contributed by atoms with E-state index in [1.807, 2.05) is 30.3 Å². The summed E-state index contributed by atoms with van der Waals surface area (Å²) in [6, 6.07) is 23.3. The topological polar surface area (TPSA) is 86.6 Å². The molecule has 4 aromatic rings. The van der Waals surface area contributed by atoms with Crippen LogP contribution in [0.1, 0.15) is 21.6 Å². The monoisotopic (exact) mass is 377 g/mol. The van der Waals surface area contributed by atoms with Gasteiger partial charge in [0.2, 0.25) is 5.78 Å². The number of benzene rings is 2. The molecule has 1 N–H and O–H groups in total. The second-order valence-corrected chi connectivity index (χ2v) is 6.35. The Labute approximate surface area is 166 Å². The molecular weight excluding hydrogens is 362 g/mol. The molecule has 2 aromatic carbocycles. The van der Waals surface area contributed by atoms with Gasteiger partial charge in [-0.2, -0.15) is 5.26 Å². The Balaban J connectivity index is 2.08. The molecule has 0 aliphatic rings. The van der Waals surface area contributed by atoms with Crippen molar-refractivity contribution in [3.63, 3.8) is 0 Å². The Morgan fingerprint density at radius 1 is 0.897 bits per heavy atom. The average Bonchev–Trinajstić information content (AvgIpc) is 2.79. The average molecular weight is 377 g/mol. The highest BCUT2D eigenvalue weighted by atomic mass is 16.1. The summed E-state index contributed by atoms with van der Waals surface area (Å²) in [5, 5.41) is 9.55. The minimum atomic E-state index is -0.371. The molecular formula is C24H15N3O2. The van der Waals surface area contributed by atoms with Gasteiger partial charge < -0.3 is 4.98 Å². The Morgan fingerprint density at radius 3 is 2.34 bits per heavy atom. The predicted molar refractivity (Wildman–Crippen MR) is 110 cm³/mol. The van der Waals surface area contributed by atoms with Gasteiger partial charge in [-0.05, 0) is 23.8 Å². The van der Waals surface area contributed by atoms with Crippen molar-refractivity contribution in [2.24, 2.45) is 0 Å². The summed E-state index contributed by atoms with van der Waals surface area (Å²) >= 11 is 0. The van der Waals surface area contributed by atoms with E-state index in [0.717, 1.165) is 0 Å². The summed E-state index contributed by atoms with van der Waals surface area (Å²) in [7, 11) is 0. The van der Waals surface area contributed by atoms with Gasteiger partial charge in [0, 0.05) is 29.1 Å². The maximum Gasteiger partial charge on any atom is 0.256 e. The summed E-state index contributed by atoms with van der Waals surface area (Å²) < 4.78 is 0. The van der Waals surface area contributed by atoms with E-state index in [2.05, 4.69) is 16.0 Å². The van der Waals surface area contributed by atoms with Crippen LogP contribution in [0.3, 0.4) is 0 Å². The molecule has 0 bridgehead atoms. The van der Waals surface area contributed by atoms with Crippen molar-refractivity contribution in [3.05, 3.63) is 112 Å². The van der Waals surface area contributed by atoms with Crippen molar-refractivity contribution in [2.45, 2.75) is 0 Å². The number of nitrogens with zero attached hydrogens (tertiary/aromatic N) is 2. The van der Waals surface area contributed by atoms with Crippen LogP contribution in [0, 0.1) is 11.3 Å². The van der Waals surface area contributed by atoms with Crippen LogP contribution in [0.4, 0.5) is 0 Å². The molecule has 138 valence electrons. The van der Waals surface area contributed by atoms with E-state index >= 15 is 0 Å². The second kappa shape index (κ2) is 7.75. The number of pyridine rings is 2. The number of ketones is 1. The smallest absolute Gasteiger partial charge is 0.256 e. The van der Waals surface area contributed by atoms with E-state index in [1.165, 1.54) is 6.20 Å².